The zero-order valence-corrected chi connectivity index (χ0v) is 15.0. The summed E-state index contributed by atoms with van der Waals surface area (Å²) in [4.78, 5) is 18.2. The van der Waals surface area contributed by atoms with E-state index in [0.717, 1.165) is 10.8 Å². The molecule has 0 radical (unpaired) electrons. The Kier molecular flexibility index (Phi) is 4.86. The lowest BCUT2D eigenvalue weighted by atomic mass is 9.86. The standard InChI is InChI=1S/C18H22ClN3O3/c1-18(2)8-14(23)15(24)9-22(10-18)17(25)21-12-4-3-11-5-6-20-16(19)13(11)7-12/h3-7,14-15,23-24H,8-10H2,1-2H3,(H,21,25)/t14-,15+/m1/s1. The van der Waals surface area contributed by atoms with E-state index in [1.807, 2.05) is 26.0 Å². The number of aliphatic hydroxyl groups is 2. The lowest BCUT2D eigenvalue weighted by molar-refractivity contribution is 0.00575. The number of nitrogens with zero attached hydrogens (tertiary/aromatic N) is 2. The van der Waals surface area contributed by atoms with E-state index in [1.165, 1.54) is 4.90 Å². The number of aliphatic hydroxyl groups excluding tert-OH is 2. The van der Waals surface area contributed by atoms with E-state index in [0.29, 0.717) is 23.8 Å². The van der Waals surface area contributed by atoms with E-state index in [2.05, 4.69) is 10.3 Å². The highest BCUT2D eigenvalue weighted by Gasteiger charge is 2.35. The van der Waals surface area contributed by atoms with Crippen molar-refractivity contribution in [2.45, 2.75) is 32.5 Å². The summed E-state index contributed by atoms with van der Waals surface area (Å²) in [6, 6.07) is 6.97. The minimum atomic E-state index is -0.956. The molecule has 3 rings (SSSR count). The van der Waals surface area contributed by atoms with Crippen LogP contribution in [0.15, 0.2) is 30.5 Å². The number of urea groups is 1. The molecule has 2 heterocycles. The Balaban J connectivity index is 1.80. The number of anilines is 1. The third kappa shape index (κ3) is 4.03. The first-order valence-electron chi connectivity index (χ1n) is 8.21. The Morgan fingerprint density at radius 2 is 2.08 bits per heavy atom. The van der Waals surface area contributed by atoms with Crippen LogP contribution >= 0.6 is 11.6 Å². The number of fused-ring (bicyclic) bond motifs is 1. The zero-order valence-electron chi connectivity index (χ0n) is 14.2. The van der Waals surface area contributed by atoms with Crippen LogP contribution in [-0.4, -0.2) is 51.4 Å². The van der Waals surface area contributed by atoms with Crippen molar-refractivity contribution in [1.29, 1.82) is 0 Å². The average Bonchev–Trinajstić information content (AvgIpc) is 2.64. The minimum Gasteiger partial charge on any atom is -0.390 e. The maximum atomic E-state index is 12.7. The number of halogens is 1. The predicted octanol–water partition coefficient (Wildman–Crippen LogP) is 2.87. The SMILES string of the molecule is CC1(C)C[C@@H](O)[C@@H](O)CN(C(=O)Nc2ccc3ccnc(Cl)c3c2)C1. The molecule has 0 spiro atoms. The Morgan fingerprint density at radius 3 is 2.84 bits per heavy atom. The Labute approximate surface area is 151 Å². The molecular formula is C18H22ClN3O3. The number of rotatable bonds is 1. The van der Waals surface area contributed by atoms with Crippen LogP contribution in [0.4, 0.5) is 10.5 Å². The number of nitrogens with one attached hydrogen (secondary N) is 1. The molecule has 3 N–H and O–H groups in total. The van der Waals surface area contributed by atoms with Crippen molar-refractivity contribution in [2.24, 2.45) is 5.41 Å². The number of amides is 2. The summed E-state index contributed by atoms with van der Waals surface area (Å²) in [5, 5.41) is 25.0. The van der Waals surface area contributed by atoms with Gasteiger partial charge in [-0.25, -0.2) is 9.78 Å². The van der Waals surface area contributed by atoms with Crippen LogP contribution in [0.5, 0.6) is 0 Å². The van der Waals surface area contributed by atoms with Gasteiger partial charge in [-0.05, 0) is 35.4 Å². The van der Waals surface area contributed by atoms with Crippen LogP contribution in [0.25, 0.3) is 10.8 Å². The third-order valence-corrected chi connectivity index (χ3v) is 4.79. The number of likely N-dealkylation sites (tertiary alicyclic amines) is 1. The van der Waals surface area contributed by atoms with E-state index in [9.17, 15) is 15.0 Å². The number of aromatic nitrogens is 1. The monoisotopic (exact) mass is 363 g/mol. The van der Waals surface area contributed by atoms with Gasteiger partial charge >= 0.3 is 6.03 Å². The van der Waals surface area contributed by atoms with Gasteiger partial charge in [0.25, 0.3) is 0 Å². The van der Waals surface area contributed by atoms with Gasteiger partial charge in [-0.2, -0.15) is 0 Å². The van der Waals surface area contributed by atoms with Crippen molar-refractivity contribution in [3.63, 3.8) is 0 Å². The van der Waals surface area contributed by atoms with Gasteiger partial charge in [-0.1, -0.05) is 31.5 Å². The molecule has 1 aromatic heterocycles. The summed E-state index contributed by atoms with van der Waals surface area (Å²) in [6.07, 6.45) is 0.283. The first kappa shape index (κ1) is 17.9. The Morgan fingerprint density at radius 1 is 1.32 bits per heavy atom. The second-order valence-corrected chi connectivity index (χ2v) is 7.71. The van der Waals surface area contributed by atoms with E-state index in [1.54, 1.807) is 18.3 Å². The fraction of sp³-hybridized carbons (Fsp3) is 0.444. The molecule has 1 aliphatic heterocycles. The fourth-order valence-electron chi connectivity index (χ4n) is 3.26. The van der Waals surface area contributed by atoms with Gasteiger partial charge in [0.1, 0.15) is 5.15 Å². The summed E-state index contributed by atoms with van der Waals surface area (Å²) in [6.45, 7) is 4.47. The van der Waals surface area contributed by atoms with E-state index in [-0.39, 0.29) is 18.0 Å². The van der Waals surface area contributed by atoms with Crippen LogP contribution < -0.4 is 5.32 Å². The van der Waals surface area contributed by atoms with Crippen molar-refractivity contribution in [3.8, 4) is 0 Å². The molecule has 1 fully saturated rings. The van der Waals surface area contributed by atoms with Crippen LogP contribution in [0.1, 0.15) is 20.3 Å². The van der Waals surface area contributed by atoms with Gasteiger partial charge in [-0.15, -0.1) is 0 Å². The van der Waals surface area contributed by atoms with Gasteiger partial charge < -0.3 is 20.4 Å². The Hall–Kier alpha value is -1.89. The molecule has 2 amide bonds. The molecule has 6 nitrogen and oxygen atoms in total. The largest absolute Gasteiger partial charge is 0.390 e. The number of carbonyl (C=O) groups excluding carboxylic acids is 1. The summed E-state index contributed by atoms with van der Waals surface area (Å²) < 4.78 is 0. The number of hydrogen-bond acceptors (Lipinski definition) is 4. The third-order valence-electron chi connectivity index (χ3n) is 4.49. The minimum absolute atomic E-state index is 0.0896. The molecule has 1 aromatic carbocycles. The van der Waals surface area contributed by atoms with Crippen LogP contribution in [0.3, 0.4) is 0 Å². The predicted molar refractivity (Wildman–Crippen MR) is 97.8 cm³/mol. The molecule has 2 aromatic rings. The Bertz CT molecular complexity index is 796. The number of hydrogen-bond donors (Lipinski definition) is 3. The second-order valence-electron chi connectivity index (χ2n) is 7.35. The van der Waals surface area contributed by atoms with Gasteiger partial charge in [0.2, 0.25) is 0 Å². The van der Waals surface area contributed by atoms with Crippen molar-refractivity contribution < 1.29 is 15.0 Å². The molecule has 1 saturated heterocycles. The summed E-state index contributed by atoms with van der Waals surface area (Å²) in [5.74, 6) is 0. The van der Waals surface area contributed by atoms with Crippen molar-refractivity contribution >= 4 is 34.1 Å². The molecule has 0 unspecified atom stereocenters. The number of carbonyl (C=O) groups is 1. The average molecular weight is 364 g/mol. The molecule has 1 aliphatic rings. The van der Waals surface area contributed by atoms with E-state index >= 15 is 0 Å². The van der Waals surface area contributed by atoms with Gasteiger partial charge in [0.05, 0.1) is 18.8 Å². The van der Waals surface area contributed by atoms with Crippen molar-refractivity contribution in [2.75, 3.05) is 18.4 Å². The summed E-state index contributed by atoms with van der Waals surface area (Å²) in [7, 11) is 0. The number of benzene rings is 1. The second kappa shape index (κ2) is 6.78. The lowest BCUT2D eigenvalue weighted by Crippen LogP contribution is -2.43. The highest BCUT2D eigenvalue weighted by atomic mass is 35.5. The highest BCUT2D eigenvalue weighted by molar-refractivity contribution is 6.34. The molecule has 134 valence electrons. The summed E-state index contributed by atoms with van der Waals surface area (Å²) in [5.41, 5.74) is 0.315. The first-order chi connectivity index (χ1) is 11.7. The van der Waals surface area contributed by atoms with Crippen LogP contribution in [-0.2, 0) is 0 Å². The van der Waals surface area contributed by atoms with Gasteiger partial charge in [0, 0.05) is 23.8 Å². The fourth-order valence-corrected chi connectivity index (χ4v) is 3.48. The first-order valence-corrected chi connectivity index (χ1v) is 8.59. The zero-order chi connectivity index (χ0) is 18.2. The molecule has 2 atom stereocenters. The van der Waals surface area contributed by atoms with Crippen molar-refractivity contribution in [1.82, 2.24) is 9.88 Å². The van der Waals surface area contributed by atoms with Crippen molar-refractivity contribution in [3.05, 3.63) is 35.6 Å². The summed E-state index contributed by atoms with van der Waals surface area (Å²) >= 11 is 6.11. The van der Waals surface area contributed by atoms with Gasteiger partial charge in [-0.3, -0.25) is 0 Å². The van der Waals surface area contributed by atoms with Crippen LogP contribution in [0.2, 0.25) is 5.15 Å². The highest BCUT2D eigenvalue weighted by Crippen LogP contribution is 2.29. The maximum Gasteiger partial charge on any atom is 0.321 e. The van der Waals surface area contributed by atoms with Gasteiger partial charge in [0.15, 0.2) is 0 Å². The van der Waals surface area contributed by atoms with E-state index < -0.39 is 12.2 Å². The maximum absolute atomic E-state index is 12.7. The normalized spacial score (nSPS) is 23.3. The molecular weight excluding hydrogens is 342 g/mol. The quantitative estimate of drug-likeness (QED) is 0.680. The molecule has 0 bridgehead atoms. The molecule has 7 heteroatoms. The smallest absolute Gasteiger partial charge is 0.321 e. The van der Waals surface area contributed by atoms with Crippen LogP contribution in [0, 0.1) is 5.41 Å². The molecule has 25 heavy (non-hydrogen) atoms. The lowest BCUT2D eigenvalue weighted by Gasteiger charge is -2.29. The molecule has 0 saturated carbocycles. The number of β-amino-alcohol motifs (C(OH)–C–C–N with tert-alkyl or cyclic N) is 1. The molecule has 0 aliphatic carbocycles. The number of pyridine rings is 1. The topological polar surface area (TPSA) is 85.7 Å². The van der Waals surface area contributed by atoms with E-state index in [4.69, 9.17) is 11.6 Å².